The van der Waals surface area contributed by atoms with Gasteiger partial charge in [-0.05, 0) is 57.2 Å². The first-order valence-corrected chi connectivity index (χ1v) is 9.43. The topological polar surface area (TPSA) is 15.3 Å². The fourth-order valence-electron chi connectivity index (χ4n) is 3.09. The van der Waals surface area contributed by atoms with E-state index in [4.69, 9.17) is 0 Å². The minimum atomic E-state index is 0.657. The fourth-order valence-corrected chi connectivity index (χ4v) is 3.09. The molecule has 0 saturated heterocycles. The van der Waals surface area contributed by atoms with Crippen LogP contribution in [0, 0.1) is 11.8 Å². The van der Waals surface area contributed by atoms with Crippen molar-refractivity contribution in [3.05, 3.63) is 0 Å². The van der Waals surface area contributed by atoms with E-state index < -0.39 is 0 Å². The summed E-state index contributed by atoms with van der Waals surface area (Å²) in [6.07, 6.45) is 6.47. The molecule has 0 saturated carbocycles. The molecule has 0 heterocycles. The monoisotopic (exact) mass is 298 g/mol. The van der Waals surface area contributed by atoms with E-state index in [1.54, 1.807) is 0 Å². The van der Waals surface area contributed by atoms with Gasteiger partial charge in [-0.25, -0.2) is 0 Å². The summed E-state index contributed by atoms with van der Waals surface area (Å²) in [7, 11) is 0. The zero-order valence-electron chi connectivity index (χ0n) is 15.9. The Bertz CT molecular complexity index is 208. The Morgan fingerprint density at radius 1 is 0.810 bits per heavy atom. The smallest absolute Gasteiger partial charge is 0.0246 e. The summed E-state index contributed by atoms with van der Waals surface area (Å²) in [6, 6.07) is 1.35. The highest BCUT2D eigenvalue weighted by Gasteiger charge is 2.24. The SMILES string of the molecule is CCCC(NCC)C(CC)N(CCC(C)C)CCC(C)C. The highest BCUT2D eigenvalue weighted by molar-refractivity contribution is 4.84. The van der Waals surface area contributed by atoms with Gasteiger partial charge >= 0.3 is 0 Å². The largest absolute Gasteiger partial charge is 0.313 e. The maximum Gasteiger partial charge on any atom is 0.0246 e. The van der Waals surface area contributed by atoms with Crippen LogP contribution in [0.4, 0.5) is 0 Å². The van der Waals surface area contributed by atoms with Gasteiger partial charge in [0.2, 0.25) is 0 Å². The van der Waals surface area contributed by atoms with Crippen molar-refractivity contribution in [3.63, 3.8) is 0 Å². The van der Waals surface area contributed by atoms with E-state index in [2.05, 4.69) is 58.7 Å². The number of hydrogen-bond donors (Lipinski definition) is 1. The molecule has 0 aliphatic heterocycles. The maximum absolute atomic E-state index is 3.75. The zero-order valence-corrected chi connectivity index (χ0v) is 15.9. The van der Waals surface area contributed by atoms with E-state index in [0.29, 0.717) is 12.1 Å². The molecule has 128 valence electrons. The predicted molar refractivity (Wildman–Crippen MR) is 96.9 cm³/mol. The van der Waals surface area contributed by atoms with Crippen LogP contribution >= 0.6 is 0 Å². The first-order chi connectivity index (χ1) is 9.96. The molecule has 0 aromatic carbocycles. The lowest BCUT2D eigenvalue weighted by atomic mass is 9.97. The Labute approximate surface area is 135 Å². The summed E-state index contributed by atoms with van der Waals surface area (Å²) in [5.41, 5.74) is 0. The van der Waals surface area contributed by atoms with E-state index in [1.807, 2.05) is 0 Å². The number of rotatable bonds is 13. The molecule has 0 amide bonds. The third kappa shape index (κ3) is 9.52. The van der Waals surface area contributed by atoms with Crippen molar-refractivity contribution >= 4 is 0 Å². The molecule has 0 aliphatic rings. The van der Waals surface area contributed by atoms with Crippen LogP contribution in [0.5, 0.6) is 0 Å². The molecule has 1 N–H and O–H groups in total. The van der Waals surface area contributed by atoms with E-state index in [1.165, 1.54) is 45.2 Å². The van der Waals surface area contributed by atoms with Gasteiger partial charge in [-0.15, -0.1) is 0 Å². The van der Waals surface area contributed by atoms with Gasteiger partial charge in [-0.3, -0.25) is 4.90 Å². The summed E-state index contributed by atoms with van der Waals surface area (Å²) in [5, 5.41) is 3.75. The van der Waals surface area contributed by atoms with Gasteiger partial charge in [0, 0.05) is 12.1 Å². The highest BCUT2D eigenvalue weighted by Crippen LogP contribution is 2.17. The molecule has 0 aromatic heterocycles. The van der Waals surface area contributed by atoms with Gasteiger partial charge in [0.25, 0.3) is 0 Å². The van der Waals surface area contributed by atoms with Gasteiger partial charge in [0.15, 0.2) is 0 Å². The Balaban J connectivity index is 4.81. The number of nitrogens with one attached hydrogen (secondary N) is 1. The molecule has 0 aromatic rings. The van der Waals surface area contributed by atoms with Crippen molar-refractivity contribution in [2.24, 2.45) is 11.8 Å². The van der Waals surface area contributed by atoms with Crippen LogP contribution in [0.1, 0.15) is 80.6 Å². The predicted octanol–water partition coefficient (Wildman–Crippen LogP) is 4.94. The van der Waals surface area contributed by atoms with E-state index in [-0.39, 0.29) is 0 Å². The summed E-state index contributed by atoms with van der Waals surface area (Å²) < 4.78 is 0. The Morgan fingerprint density at radius 2 is 1.33 bits per heavy atom. The average Bonchev–Trinajstić information content (AvgIpc) is 2.41. The Kier molecular flexibility index (Phi) is 12.4. The molecule has 0 aliphatic carbocycles. The quantitative estimate of drug-likeness (QED) is 0.518. The van der Waals surface area contributed by atoms with Crippen LogP contribution in [0.3, 0.4) is 0 Å². The van der Waals surface area contributed by atoms with Crippen molar-refractivity contribution in [1.29, 1.82) is 0 Å². The molecule has 21 heavy (non-hydrogen) atoms. The van der Waals surface area contributed by atoms with Crippen molar-refractivity contribution in [3.8, 4) is 0 Å². The second kappa shape index (κ2) is 12.5. The number of hydrogen-bond acceptors (Lipinski definition) is 2. The van der Waals surface area contributed by atoms with Gasteiger partial charge in [0.1, 0.15) is 0 Å². The highest BCUT2D eigenvalue weighted by atomic mass is 15.2. The summed E-state index contributed by atoms with van der Waals surface area (Å²) in [5.74, 6) is 1.60. The van der Waals surface area contributed by atoms with Gasteiger partial charge in [-0.2, -0.15) is 0 Å². The minimum absolute atomic E-state index is 0.657. The van der Waals surface area contributed by atoms with Crippen LogP contribution in [0.2, 0.25) is 0 Å². The molecular weight excluding hydrogens is 256 g/mol. The second-order valence-electron chi connectivity index (χ2n) is 7.33. The van der Waals surface area contributed by atoms with E-state index in [0.717, 1.165) is 18.4 Å². The molecule has 2 nitrogen and oxygen atoms in total. The molecule has 0 spiro atoms. The normalized spacial score (nSPS) is 15.1. The molecule has 0 fully saturated rings. The van der Waals surface area contributed by atoms with Crippen LogP contribution in [-0.4, -0.2) is 36.6 Å². The third-order valence-corrected chi connectivity index (χ3v) is 4.41. The lowest BCUT2D eigenvalue weighted by Gasteiger charge is -2.38. The molecule has 0 radical (unpaired) electrons. The van der Waals surface area contributed by atoms with Gasteiger partial charge in [-0.1, -0.05) is 54.9 Å². The Morgan fingerprint density at radius 3 is 1.67 bits per heavy atom. The lowest BCUT2D eigenvalue weighted by Crippen LogP contribution is -2.50. The first kappa shape index (κ1) is 20.9. The average molecular weight is 299 g/mol. The molecule has 2 unspecified atom stereocenters. The van der Waals surface area contributed by atoms with Crippen LogP contribution < -0.4 is 5.32 Å². The second-order valence-corrected chi connectivity index (χ2v) is 7.33. The third-order valence-electron chi connectivity index (χ3n) is 4.41. The van der Waals surface area contributed by atoms with Crippen molar-refractivity contribution in [2.75, 3.05) is 19.6 Å². The summed E-state index contributed by atoms with van der Waals surface area (Å²) in [6.45, 7) is 19.9. The minimum Gasteiger partial charge on any atom is -0.313 e. The van der Waals surface area contributed by atoms with Crippen molar-refractivity contribution < 1.29 is 0 Å². The standard InChI is InChI=1S/C19H42N2/c1-8-11-18(20-10-3)19(9-2)21(14-12-16(4)5)15-13-17(6)7/h16-20H,8-15H2,1-7H3. The molecular formula is C19H42N2. The van der Waals surface area contributed by atoms with Gasteiger partial charge in [0.05, 0.1) is 0 Å². The van der Waals surface area contributed by atoms with Crippen LogP contribution in [0.25, 0.3) is 0 Å². The van der Waals surface area contributed by atoms with Crippen molar-refractivity contribution in [1.82, 2.24) is 10.2 Å². The maximum atomic E-state index is 3.75. The summed E-state index contributed by atoms with van der Waals surface area (Å²) in [4.78, 5) is 2.78. The Hall–Kier alpha value is -0.0800. The van der Waals surface area contributed by atoms with Crippen LogP contribution in [0.15, 0.2) is 0 Å². The zero-order chi connectivity index (χ0) is 16.3. The number of nitrogens with zero attached hydrogens (tertiary/aromatic N) is 1. The molecule has 0 bridgehead atoms. The van der Waals surface area contributed by atoms with Crippen LogP contribution in [-0.2, 0) is 0 Å². The molecule has 2 atom stereocenters. The van der Waals surface area contributed by atoms with E-state index in [9.17, 15) is 0 Å². The summed E-state index contributed by atoms with van der Waals surface area (Å²) >= 11 is 0. The van der Waals surface area contributed by atoms with Crippen molar-refractivity contribution in [2.45, 2.75) is 92.7 Å². The lowest BCUT2D eigenvalue weighted by molar-refractivity contribution is 0.133. The molecule has 0 rings (SSSR count). The van der Waals surface area contributed by atoms with Gasteiger partial charge < -0.3 is 5.32 Å². The first-order valence-electron chi connectivity index (χ1n) is 9.43. The van der Waals surface area contributed by atoms with E-state index >= 15 is 0 Å². The fraction of sp³-hybridized carbons (Fsp3) is 1.00. The number of likely N-dealkylation sites (N-methyl/N-ethyl adjacent to an activating group) is 1. The molecule has 2 heteroatoms.